The van der Waals surface area contributed by atoms with Crippen LogP contribution in [0.4, 0.5) is 0 Å². The molecular formula is C27H29NO3. The number of furan rings is 1. The monoisotopic (exact) mass is 415 g/mol. The number of ether oxygens (including phenoxy) is 1. The number of nitrogens with zero attached hydrogens (tertiary/aromatic N) is 1. The summed E-state index contributed by atoms with van der Waals surface area (Å²) in [6.07, 6.45) is 1.07. The Morgan fingerprint density at radius 3 is 2.55 bits per heavy atom. The summed E-state index contributed by atoms with van der Waals surface area (Å²) in [4.78, 5) is 2.20. The molecule has 0 radical (unpaired) electrons. The van der Waals surface area contributed by atoms with E-state index in [4.69, 9.17) is 9.15 Å². The predicted octanol–water partition coefficient (Wildman–Crippen LogP) is 5.49. The van der Waals surface area contributed by atoms with Crippen molar-refractivity contribution in [3.05, 3.63) is 102 Å². The van der Waals surface area contributed by atoms with E-state index in [0.29, 0.717) is 19.6 Å². The standard InChI is InChI=1S/C27H29NO3/c1-20-12-13-25(15-21(20)2)31-19-24(29)17-28(18-26-10-6-14-30-26)16-23-9-5-8-22-7-3-4-11-27(22)23/h3-15,24,29H,16-19H2,1-2H3. The Bertz CT molecular complexity index is 1120. The van der Waals surface area contributed by atoms with Gasteiger partial charge in [-0.25, -0.2) is 0 Å². The van der Waals surface area contributed by atoms with Gasteiger partial charge in [-0.2, -0.15) is 0 Å². The summed E-state index contributed by atoms with van der Waals surface area (Å²) in [6.45, 7) is 6.20. The topological polar surface area (TPSA) is 45.8 Å². The van der Waals surface area contributed by atoms with Crippen molar-refractivity contribution in [1.82, 2.24) is 4.90 Å². The number of aliphatic hydroxyl groups excluding tert-OH is 1. The molecule has 1 N–H and O–H groups in total. The Hall–Kier alpha value is -3.08. The van der Waals surface area contributed by atoms with E-state index in [-0.39, 0.29) is 6.61 Å². The van der Waals surface area contributed by atoms with E-state index in [9.17, 15) is 5.11 Å². The van der Waals surface area contributed by atoms with Crippen LogP contribution in [-0.4, -0.2) is 29.3 Å². The zero-order valence-corrected chi connectivity index (χ0v) is 18.1. The Balaban J connectivity index is 1.46. The summed E-state index contributed by atoms with van der Waals surface area (Å²) in [5.74, 6) is 1.66. The average Bonchev–Trinajstić information content (AvgIpc) is 3.28. The molecule has 0 aliphatic rings. The van der Waals surface area contributed by atoms with Gasteiger partial charge in [-0.15, -0.1) is 0 Å². The highest BCUT2D eigenvalue weighted by atomic mass is 16.5. The van der Waals surface area contributed by atoms with Gasteiger partial charge in [-0.1, -0.05) is 48.5 Å². The van der Waals surface area contributed by atoms with Crippen LogP contribution in [0.15, 0.2) is 83.5 Å². The third-order valence-corrected chi connectivity index (χ3v) is 5.62. The fourth-order valence-corrected chi connectivity index (χ4v) is 3.83. The quantitative estimate of drug-likeness (QED) is 0.393. The van der Waals surface area contributed by atoms with Crippen molar-refractivity contribution in [2.75, 3.05) is 13.2 Å². The molecular weight excluding hydrogens is 386 g/mol. The first kappa shape index (κ1) is 21.2. The van der Waals surface area contributed by atoms with Crippen molar-refractivity contribution in [3.8, 4) is 5.75 Å². The lowest BCUT2D eigenvalue weighted by atomic mass is 10.0. The summed E-state index contributed by atoms with van der Waals surface area (Å²) in [6, 6.07) is 24.6. The molecule has 1 aromatic heterocycles. The van der Waals surface area contributed by atoms with Crippen LogP contribution in [0.25, 0.3) is 10.8 Å². The van der Waals surface area contributed by atoms with Crippen molar-refractivity contribution in [2.45, 2.75) is 33.0 Å². The SMILES string of the molecule is Cc1ccc(OCC(O)CN(Cc2ccco2)Cc2cccc3ccccc23)cc1C. The normalized spacial score (nSPS) is 12.4. The predicted molar refractivity (Wildman–Crippen MR) is 124 cm³/mol. The molecule has 0 aliphatic heterocycles. The second kappa shape index (κ2) is 9.82. The van der Waals surface area contributed by atoms with E-state index in [2.05, 4.69) is 61.2 Å². The molecule has 0 aliphatic carbocycles. The van der Waals surface area contributed by atoms with Crippen LogP contribution in [0, 0.1) is 13.8 Å². The summed E-state index contributed by atoms with van der Waals surface area (Å²) in [5.41, 5.74) is 3.64. The lowest BCUT2D eigenvalue weighted by Crippen LogP contribution is -2.35. The van der Waals surface area contributed by atoms with E-state index in [0.717, 1.165) is 11.5 Å². The van der Waals surface area contributed by atoms with Crippen LogP contribution >= 0.6 is 0 Å². The molecule has 4 aromatic rings. The smallest absolute Gasteiger partial charge is 0.119 e. The summed E-state index contributed by atoms with van der Waals surface area (Å²) in [5, 5.41) is 13.2. The fourth-order valence-electron chi connectivity index (χ4n) is 3.83. The van der Waals surface area contributed by atoms with Gasteiger partial charge in [0, 0.05) is 13.1 Å². The average molecular weight is 416 g/mol. The van der Waals surface area contributed by atoms with Crippen LogP contribution in [0.5, 0.6) is 5.75 Å². The number of rotatable bonds is 9. The van der Waals surface area contributed by atoms with Gasteiger partial charge in [0.1, 0.15) is 24.2 Å². The minimum atomic E-state index is -0.619. The third kappa shape index (κ3) is 5.54. The fraction of sp³-hybridized carbons (Fsp3) is 0.259. The van der Waals surface area contributed by atoms with Gasteiger partial charge in [0.05, 0.1) is 12.8 Å². The summed E-state index contributed by atoms with van der Waals surface area (Å²) in [7, 11) is 0. The van der Waals surface area contributed by atoms with Gasteiger partial charge in [0.15, 0.2) is 0 Å². The first-order valence-corrected chi connectivity index (χ1v) is 10.7. The molecule has 1 unspecified atom stereocenters. The highest BCUT2D eigenvalue weighted by Crippen LogP contribution is 2.22. The van der Waals surface area contributed by atoms with Crippen LogP contribution < -0.4 is 4.74 Å². The number of benzene rings is 3. The molecule has 3 aromatic carbocycles. The molecule has 0 saturated carbocycles. The largest absolute Gasteiger partial charge is 0.491 e. The molecule has 0 fully saturated rings. The number of fused-ring (bicyclic) bond motifs is 1. The molecule has 4 nitrogen and oxygen atoms in total. The second-order valence-electron chi connectivity index (χ2n) is 8.10. The zero-order chi connectivity index (χ0) is 21.6. The molecule has 31 heavy (non-hydrogen) atoms. The molecule has 160 valence electrons. The highest BCUT2D eigenvalue weighted by molar-refractivity contribution is 5.85. The van der Waals surface area contributed by atoms with Crippen molar-refractivity contribution < 1.29 is 14.3 Å². The first-order chi connectivity index (χ1) is 15.1. The number of aryl methyl sites for hydroxylation is 2. The number of hydrogen-bond acceptors (Lipinski definition) is 4. The summed E-state index contributed by atoms with van der Waals surface area (Å²) >= 11 is 0. The maximum Gasteiger partial charge on any atom is 0.119 e. The highest BCUT2D eigenvalue weighted by Gasteiger charge is 2.16. The van der Waals surface area contributed by atoms with E-state index in [1.165, 1.54) is 27.5 Å². The van der Waals surface area contributed by atoms with Gasteiger partial charge < -0.3 is 14.3 Å². The van der Waals surface area contributed by atoms with Crippen LogP contribution in [0.2, 0.25) is 0 Å². The van der Waals surface area contributed by atoms with Crippen molar-refractivity contribution >= 4 is 10.8 Å². The van der Waals surface area contributed by atoms with E-state index >= 15 is 0 Å². The lowest BCUT2D eigenvalue weighted by Gasteiger charge is -2.25. The molecule has 0 spiro atoms. The minimum Gasteiger partial charge on any atom is -0.491 e. The zero-order valence-electron chi connectivity index (χ0n) is 18.1. The van der Waals surface area contributed by atoms with Crippen molar-refractivity contribution in [2.24, 2.45) is 0 Å². The number of aliphatic hydroxyl groups is 1. The lowest BCUT2D eigenvalue weighted by molar-refractivity contribution is 0.0606. The van der Waals surface area contributed by atoms with Crippen LogP contribution in [0.1, 0.15) is 22.5 Å². The molecule has 4 rings (SSSR count). The van der Waals surface area contributed by atoms with E-state index < -0.39 is 6.10 Å². The molecule has 1 atom stereocenters. The van der Waals surface area contributed by atoms with Crippen LogP contribution in [0.3, 0.4) is 0 Å². The van der Waals surface area contributed by atoms with Gasteiger partial charge in [0.2, 0.25) is 0 Å². The first-order valence-electron chi connectivity index (χ1n) is 10.7. The van der Waals surface area contributed by atoms with E-state index in [1.54, 1.807) is 6.26 Å². The Labute approximate surface area is 183 Å². The molecule has 4 heteroatoms. The maximum absolute atomic E-state index is 10.7. The Morgan fingerprint density at radius 2 is 1.74 bits per heavy atom. The van der Waals surface area contributed by atoms with E-state index in [1.807, 2.05) is 30.3 Å². The molecule has 0 saturated heterocycles. The van der Waals surface area contributed by atoms with Gasteiger partial charge >= 0.3 is 0 Å². The molecule has 1 heterocycles. The molecule has 0 bridgehead atoms. The van der Waals surface area contributed by atoms with Crippen molar-refractivity contribution in [1.29, 1.82) is 0 Å². The second-order valence-corrected chi connectivity index (χ2v) is 8.10. The number of hydrogen-bond donors (Lipinski definition) is 1. The van der Waals surface area contributed by atoms with Crippen molar-refractivity contribution in [3.63, 3.8) is 0 Å². The van der Waals surface area contributed by atoms with Gasteiger partial charge in [0.25, 0.3) is 0 Å². The van der Waals surface area contributed by atoms with Gasteiger partial charge in [-0.3, -0.25) is 4.90 Å². The Morgan fingerprint density at radius 1 is 0.903 bits per heavy atom. The molecule has 0 amide bonds. The Kier molecular flexibility index (Phi) is 6.70. The van der Waals surface area contributed by atoms with Crippen LogP contribution in [-0.2, 0) is 13.1 Å². The third-order valence-electron chi connectivity index (χ3n) is 5.62. The summed E-state index contributed by atoms with van der Waals surface area (Å²) < 4.78 is 11.4. The maximum atomic E-state index is 10.7. The van der Waals surface area contributed by atoms with Gasteiger partial charge in [-0.05, 0) is 65.6 Å². The minimum absolute atomic E-state index is 0.243.